The Morgan fingerprint density at radius 1 is 0.438 bits per heavy atom. The smallest absolute Gasteiger partial charge is 0.180 e. The Labute approximate surface area is 192 Å². The fourth-order valence-corrected chi connectivity index (χ4v) is 2.29. The lowest BCUT2D eigenvalue weighted by atomic mass is 10.0. The Hall–Kier alpha value is -0.220. The Morgan fingerprint density at radius 2 is 0.625 bits per heavy atom. The van der Waals surface area contributed by atoms with Crippen LogP contribution in [0, 0.1) is 0 Å². The molecule has 0 spiro atoms. The Kier molecular flexibility index (Phi) is 16.1. The lowest BCUT2D eigenvalue weighted by molar-refractivity contribution is -0.0790. The van der Waals surface area contributed by atoms with E-state index >= 15 is 0 Å². The zero-order chi connectivity index (χ0) is 23.9. The first-order chi connectivity index (χ1) is 15.3. The highest BCUT2D eigenvalue weighted by Crippen LogP contribution is 2.08. The van der Waals surface area contributed by atoms with E-state index in [1.165, 1.54) is 0 Å². The first kappa shape index (κ1) is 29.8. The lowest BCUT2D eigenvalue weighted by Gasteiger charge is -2.03. The minimum Gasteiger partial charge on any atom is -0.391 e. The van der Waals surface area contributed by atoms with E-state index in [9.17, 15) is 0 Å². The number of rotatable bonds is 4. The van der Waals surface area contributed by atoms with Crippen LogP contribution in [0.15, 0.2) is 0 Å². The second-order valence-corrected chi connectivity index (χ2v) is 6.48. The van der Waals surface area contributed by atoms with Gasteiger partial charge < -0.3 is 58.3 Å². The van der Waals surface area contributed by atoms with Crippen LogP contribution < -0.4 is 0 Å². The second-order valence-electron chi connectivity index (χ2n) is 6.48. The van der Waals surface area contributed by atoms with E-state index in [0.717, 1.165) is 0 Å². The highest BCUT2D eigenvalue weighted by Gasteiger charge is 2.22. The maximum absolute atomic E-state index is 8.38. The molecule has 0 aromatic heterocycles. The Bertz CT molecular complexity index is 391. The van der Waals surface area contributed by atoms with Gasteiger partial charge in [0.1, 0.15) is 31.4 Å². The lowest BCUT2D eigenvalue weighted by Crippen LogP contribution is -2.15. The summed E-state index contributed by atoms with van der Waals surface area (Å²) in [7, 11) is 21.0. The number of hydrogen-bond donors (Lipinski definition) is 4. The molecule has 16 heteroatoms. The van der Waals surface area contributed by atoms with Gasteiger partial charge in [0, 0.05) is 24.0 Å². The molecule has 12 nitrogen and oxygen atoms in total. The van der Waals surface area contributed by atoms with Gasteiger partial charge in [-0.05, 0) is 0 Å². The fourth-order valence-electron chi connectivity index (χ4n) is 2.29. The van der Waals surface area contributed by atoms with E-state index in [1.54, 1.807) is 0 Å². The van der Waals surface area contributed by atoms with Crippen molar-refractivity contribution in [2.45, 2.75) is 49.2 Å². The summed E-state index contributed by atoms with van der Waals surface area (Å²) in [6.45, 7) is 1.05. The van der Waals surface area contributed by atoms with Crippen LogP contribution in [-0.4, -0.2) is 154 Å². The van der Waals surface area contributed by atoms with Gasteiger partial charge in [0.25, 0.3) is 0 Å². The van der Waals surface area contributed by atoms with E-state index in [4.69, 9.17) is 89.7 Å². The largest absolute Gasteiger partial charge is 0.391 e. The summed E-state index contributed by atoms with van der Waals surface area (Å²) in [4.78, 5) is 0. The summed E-state index contributed by atoms with van der Waals surface area (Å²) in [5.74, 6) is 0. The summed E-state index contributed by atoms with van der Waals surface area (Å²) in [5.41, 5.74) is 0. The van der Waals surface area contributed by atoms with Crippen molar-refractivity contribution >= 4 is 31.4 Å². The summed E-state index contributed by atoms with van der Waals surface area (Å²) in [6, 6.07) is -1.42. The molecule has 176 valence electrons. The third-order valence-electron chi connectivity index (χ3n) is 3.69. The molecule has 0 unspecified atom stereocenters. The first-order valence-corrected chi connectivity index (χ1v) is 9.85. The van der Waals surface area contributed by atoms with E-state index in [1.807, 2.05) is 0 Å². The summed E-state index contributed by atoms with van der Waals surface area (Å²) >= 11 is 0. The number of ether oxygens (including phenoxy) is 8. The molecule has 0 aliphatic carbocycles. The van der Waals surface area contributed by atoms with Crippen molar-refractivity contribution in [1.82, 2.24) is 0 Å². The number of aliphatic hydroxyl groups excluding tert-OH is 4. The van der Waals surface area contributed by atoms with Gasteiger partial charge in [-0.1, -0.05) is 0 Å². The van der Waals surface area contributed by atoms with Gasteiger partial charge in [-0.2, -0.15) is 0 Å². The molecule has 4 fully saturated rings. The fraction of sp³-hybridized carbons (Fsp3) is 1.00. The van der Waals surface area contributed by atoms with E-state index < -0.39 is 25.2 Å². The summed E-state index contributed by atoms with van der Waals surface area (Å²) < 4.78 is 38.5. The van der Waals surface area contributed by atoms with Crippen LogP contribution in [0.4, 0.5) is 0 Å². The van der Waals surface area contributed by atoms with Gasteiger partial charge in [-0.15, -0.1) is 0 Å². The minimum absolute atomic E-state index is 0.117. The SMILES string of the molecule is [B][C@@H]1CO[C@@H](CO)O1.[B][C@@H]1CO[C@H](CO)O1.[B][C@H]1CO[C@@H](CO)O1.[B][C@H]1CO[C@H](CO)O1. The zero-order valence-electron chi connectivity index (χ0n) is 17.6. The van der Waals surface area contributed by atoms with Crippen LogP contribution in [0.1, 0.15) is 0 Å². The molecule has 0 amide bonds. The number of aliphatic hydroxyl groups is 4. The topological polar surface area (TPSA) is 155 Å². The van der Waals surface area contributed by atoms with E-state index in [-0.39, 0.29) is 50.4 Å². The van der Waals surface area contributed by atoms with Gasteiger partial charge in [-0.3, -0.25) is 0 Å². The van der Waals surface area contributed by atoms with Crippen molar-refractivity contribution in [2.24, 2.45) is 0 Å². The van der Waals surface area contributed by atoms with Crippen LogP contribution in [0.3, 0.4) is 0 Å². The van der Waals surface area contributed by atoms with Crippen LogP contribution in [0.25, 0.3) is 0 Å². The standard InChI is InChI=1S/4C4H7BO3/c4*5-3-2-7-4(1-6)8-3/h4*3-4,6H,1-2H2/t2*3-,4+;2*3-,4-/m1010/s1. The van der Waals surface area contributed by atoms with Gasteiger partial charge in [-0.25, -0.2) is 0 Å². The maximum Gasteiger partial charge on any atom is 0.180 e. The van der Waals surface area contributed by atoms with Gasteiger partial charge in [0.15, 0.2) is 25.2 Å². The monoisotopic (exact) mass is 456 g/mol. The molecule has 4 aliphatic rings. The van der Waals surface area contributed by atoms with Crippen LogP contribution >= 0.6 is 0 Å². The molecule has 0 saturated carbocycles. The van der Waals surface area contributed by atoms with Crippen LogP contribution in [-0.2, 0) is 37.9 Å². The predicted molar refractivity (Wildman–Crippen MR) is 110 cm³/mol. The third-order valence-corrected chi connectivity index (χ3v) is 3.69. The predicted octanol–water partition coefficient (Wildman–Crippen LogP) is -4.62. The molecular weight excluding hydrogens is 427 g/mol. The van der Waals surface area contributed by atoms with Crippen molar-refractivity contribution in [3.05, 3.63) is 0 Å². The molecule has 0 bridgehead atoms. The van der Waals surface area contributed by atoms with E-state index in [2.05, 4.69) is 0 Å². The molecule has 0 aromatic rings. The van der Waals surface area contributed by atoms with Gasteiger partial charge >= 0.3 is 0 Å². The quantitative estimate of drug-likeness (QED) is 0.301. The molecule has 4 N–H and O–H groups in total. The minimum atomic E-state index is -0.495. The summed E-state index contributed by atoms with van der Waals surface area (Å²) in [5, 5.41) is 33.5. The van der Waals surface area contributed by atoms with Crippen molar-refractivity contribution < 1.29 is 58.3 Å². The molecule has 4 rings (SSSR count). The Balaban J connectivity index is 0.000000213. The molecule has 4 aliphatic heterocycles. The highest BCUT2D eigenvalue weighted by atomic mass is 16.7. The van der Waals surface area contributed by atoms with Crippen molar-refractivity contribution in [1.29, 1.82) is 0 Å². The van der Waals surface area contributed by atoms with Gasteiger partial charge in [0.05, 0.1) is 52.9 Å². The molecule has 8 radical (unpaired) electrons. The molecular formula is C16H28B4O12. The molecule has 4 heterocycles. The van der Waals surface area contributed by atoms with Crippen LogP contribution in [0.2, 0.25) is 0 Å². The van der Waals surface area contributed by atoms with E-state index in [0.29, 0.717) is 26.4 Å². The highest BCUT2D eigenvalue weighted by molar-refractivity contribution is 6.11. The molecule has 8 atom stereocenters. The average Bonchev–Trinajstić information content (AvgIpc) is 3.58. The number of hydrogen-bond acceptors (Lipinski definition) is 12. The summed E-state index contributed by atoms with van der Waals surface area (Å²) in [6.07, 6.45) is -1.98. The van der Waals surface area contributed by atoms with Crippen molar-refractivity contribution in [3.8, 4) is 0 Å². The zero-order valence-corrected chi connectivity index (χ0v) is 17.6. The van der Waals surface area contributed by atoms with Crippen molar-refractivity contribution in [2.75, 3.05) is 52.9 Å². The normalized spacial score (nSPS) is 38.1. The molecule has 4 saturated heterocycles. The Morgan fingerprint density at radius 3 is 0.688 bits per heavy atom. The average molecular weight is 456 g/mol. The molecule has 0 aromatic carbocycles. The van der Waals surface area contributed by atoms with Crippen LogP contribution in [0.5, 0.6) is 0 Å². The third kappa shape index (κ3) is 12.9. The van der Waals surface area contributed by atoms with Gasteiger partial charge in [0.2, 0.25) is 0 Å². The molecule has 32 heavy (non-hydrogen) atoms. The van der Waals surface area contributed by atoms with Crippen molar-refractivity contribution in [3.63, 3.8) is 0 Å². The second kappa shape index (κ2) is 17.2. The first-order valence-electron chi connectivity index (χ1n) is 9.85. The maximum atomic E-state index is 8.38.